The van der Waals surface area contributed by atoms with Gasteiger partial charge in [0, 0.05) is 5.56 Å². The fraction of sp³-hybridized carbons (Fsp3) is 0.281. The fourth-order valence-corrected chi connectivity index (χ4v) is 3.60. The summed E-state index contributed by atoms with van der Waals surface area (Å²) in [7, 11) is 1.26. The van der Waals surface area contributed by atoms with Crippen LogP contribution < -0.4 is 19.1 Å². The first-order valence-corrected chi connectivity index (χ1v) is 14.1. The van der Waals surface area contributed by atoms with Crippen molar-refractivity contribution in [3.05, 3.63) is 101 Å². The highest BCUT2D eigenvalue weighted by Gasteiger charge is 2.21. The number of rotatable bonds is 9. The minimum absolute atomic E-state index is 0.0111. The average Bonchev–Trinajstić information content (AvgIpc) is 2.95. The summed E-state index contributed by atoms with van der Waals surface area (Å²) in [6.07, 6.45) is 2.50. The van der Waals surface area contributed by atoms with Crippen molar-refractivity contribution in [3.8, 4) is 28.6 Å². The first kappa shape index (κ1) is 32.3. The van der Waals surface area contributed by atoms with Crippen molar-refractivity contribution in [2.45, 2.75) is 54.1 Å². The second-order valence-corrected chi connectivity index (χ2v) is 9.60. The maximum Gasteiger partial charge on any atom is 0.360 e. The molecule has 0 radical (unpaired) electrons. The number of ether oxygens (including phenoxy) is 2. The Bertz CT molecular complexity index is 1440. The summed E-state index contributed by atoms with van der Waals surface area (Å²) in [6.45, 7) is 14.1. The molecule has 0 saturated heterocycles. The zero-order valence-corrected chi connectivity index (χ0v) is 24.8. The van der Waals surface area contributed by atoms with E-state index in [0.717, 1.165) is 5.56 Å². The predicted molar refractivity (Wildman–Crippen MR) is 162 cm³/mol. The van der Waals surface area contributed by atoms with Gasteiger partial charge >= 0.3 is 11.4 Å². The Morgan fingerprint density at radius 1 is 0.900 bits per heavy atom. The van der Waals surface area contributed by atoms with Crippen LogP contribution in [0.2, 0.25) is 0 Å². The Labute approximate surface area is 239 Å². The van der Waals surface area contributed by atoms with Crippen LogP contribution >= 0.6 is 0 Å². The SMILES string of the molecule is C=C(C)Oc1c(-c2ccc(OCc3ccccc3)c(OS(=O)OC)c2)oc2ccccc2c1=O.CCC.CCC. The molecular formula is C32H38O7S. The van der Waals surface area contributed by atoms with Crippen molar-refractivity contribution >= 4 is 22.3 Å². The van der Waals surface area contributed by atoms with E-state index in [1.54, 1.807) is 49.4 Å². The first-order chi connectivity index (χ1) is 19.3. The highest BCUT2D eigenvalue weighted by Crippen LogP contribution is 2.38. The third-order valence-corrected chi connectivity index (χ3v) is 5.36. The van der Waals surface area contributed by atoms with Gasteiger partial charge in [0.05, 0.1) is 18.3 Å². The molecule has 0 saturated carbocycles. The Balaban J connectivity index is 0.000000858. The zero-order valence-electron chi connectivity index (χ0n) is 24.0. The Morgan fingerprint density at radius 2 is 1.52 bits per heavy atom. The summed E-state index contributed by atoms with van der Waals surface area (Å²) >= 11 is -2.06. The molecule has 0 aliphatic carbocycles. The van der Waals surface area contributed by atoms with Gasteiger partial charge in [0.1, 0.15) is 12.2 Å². The second-order valence-electron chi connectivity index (χ2n) is 8.69. The molecule has 1 unspecified atom stereocenters. The maximum atomic E-state index is 13.1. The third-order valence-electron chi connectivity index (χ3n) is 4.77. The molecular weight excluding hydrogens is 528 g/mol. The molecule has 4 aromatic rings. The van der Waals surface area contributed by atoms with Crippen molar-refractivity contribution in [1.82, 2.24) is 0 Å². The molecule has 4 rings (SSSR count). The van der Waals surface area contributed by atoms with Crippen LogP contribution in [-0.4, -0.2) is 11.3 Å². The van der Waals surface area contributed by atoms with Gasteiger partial charge in [-0.3, -0.25) is 8.98 Å². The quantitative estimate of drug-likeness (QED) is 0.188. The monoisotopic (exact) mass is 566 g/mol. The van der Waals surface area contributed by atoms with Crippen molar-refractivity contribution < 1.29 is 26.5 Å². The minimum Gasteiger partial charge on any atom is -0.485 e. The topological polar surface area (TPSA) is 84.2 Å². The van der Waals surface area contributed by atoms with E-state index in [-0.39, 0.29) is 29.3 Å². The average molecular weight is 567 g/mol. The van der Waals surface area contributed by atoms with E-state index in [9.17, 15) is 9.00 Å². The summed E-state index contributed by atoms with van der Waals surface area (Å²) in [5, 5.41) is 0.377. The molecule has 1 aromatic heterocycles. The Hall–Kier alpha value is -3.88. The standard InChI is InChI=1S/C26H22O7S.2C3H8/c1-17(2)31-26-24(27)20-11-7-8-12-21(20)32-25(26)19-13-14-22(23(15-19)33-34(28)29-3)30-16-18-9-5-4-6-10-18;2*1-3-2/h4-15H,1,16H2,2-3H3;2*3H2,1-2H3. The molecule has 0 aliphatic heterocycles. The second kappa shape index (κ2) is 16.9. The van der Waals surface area contributed by atoms with E-state index < -0.39 is 11.4 Å². The van der Waals surface area contributed by atoms with Gasteiger partial charge in [-0.25, -0.2) is 0 Å². The lowest BCUT2D eigenvalue weighted by molar-refractivity contribution is 0.293. The van der Waals surface area contributed by atoms with Gasteiger partial charge < -0.3 is 18.1 Å². The van der Waals surface area contributed by atoms with Crippen LogP contribution in [0, 0.1) is 0 Å². The number of fused-ring (bicyclic) bond motifs is 1. The van der Waals surface area contributed by atoms with Crippen molar-refractivity contribution in [2.24, 2.45) is 0 Å². The van der Waals surface area contributed by atoms with Crippen molar-refractivity contribution in [1.29, 1.82) is 0 Å². The van der Waals surface area contributed by atoms with Crippen molar-refractivity contribution in [3.63, 3.8) is 0 Å². The van der Waals surface area contributed by atoms with Gasteiger partial charge in [-0.2, -0.15) is 4.21 Å². The summed E-state index contributed by atoms with van der Waals surface area (Å²) in [5.41, 5.74) is 1.45. The summed E-state index contributed by atoms with van der Waals surface area (Å²) < 4.78 is 39.8. The summed E-state index contributed by atoms with van der Waals surface area (Å²) in [6, 6.07) is 21.3. The molecule has 0 spiro atoms. The molecule has 3 aromatic carbocycles. The van der Waals surface area contributed by atoms with Crippen molar-refractivity contribution in [2.75, 3.05) is 7.11 Å². The van der Waals surface area contributed by atoms with Crippen LogP contribution in [0.15, 0.2) is 94.3 Å². The molecule has 7 nitrogen and oxygen atoms in total. The van der Waals surface area contributed by atoms with Gasteiger partial charge in [-0.05, 0) is 42.8 Å². The number of hydrogen-bond acceptors (Lipinski definition) is 7. The summed E-state index contributed by atoms with van der Waals surface area (Å²) in [5.74, 6) is 0.968. The molecule has 40 heavy (non-hydrogen) atoms. The number of hydrogen-bond donors (Lipinski definition) is 0. The van der Waals surface area contributed by atoms with Gasteiger partial charge in [0.15, 0.2) is 17.3 Å². The highest BCUT2D eigenvalue weighted by molar-refractivity contribution is 7.75. The van der Waals surface area contributed by atoms with Gasteiger partial charge in [0.25, 0.3) is 0 Å². The smallest absolute Gasteiger partial charge is 0.360 e. The minimum atomic E-state index is -2.06. The van der Waals surface area contributed by atoms with Gasteiger partial charge in [0.2, 0.25) is 11.2 Å². The molecule has 214 valence electrons. The number of allylic oxidation sites excluding steroid dienone is 1. The maximum absolute atomic E-state index is 13.1. The molecule has 0 N–H and O–H groups in total. The highest BCUT2D eigenvalue weighted by atomic mass is 32.2. The predicted octanol–water partition coefficient (Wildman–Crippen LogP) is 8.39. The van der Waals surface area contributed by atoms with Gasteiger partial charge in [-0.1, -0.05) is 89.6 Å². The van der Waals surface area contributed by atoms with E-state index in [1.165, 1.54) is 20.0 Å². The molecule has 0 bridgehead atoms. The normalized spacial score (nSPS) is 10.8. The molecule has 8 heteroatoms. The van der Waals surface area contributed by atoms with E-state index in [4.69, 9.17) is 22.3 Å². The molecule has 0 amide bonds. The molecule has 0 fully saturated rings. The van der Waals surface area contributed by atoms with Crippen LogP contribution in [0.25, 0.3) is 22.3 Å². The van der Waals surface area contributed by atoms with Crippen LogP contribution in [0.3, 0.4) is 0 Å². The van der Waals surface area contributed by atoms with E-state index in [0.29, 0.717) is 28.0 Å². The third kappa shape index (κ3) is 9.39. The van der Waals surface area contributed by atoms with E-state index in [2.05, 4.69) is 34.3 Å². The van der Waals surface area contributed by atoms with Crippen LogP contribution in [0.4, 0.5) is 0 Å². The Kier molecular flexibility index (Phi) is 13.7. The van der Waals surface area contributed by atoms with Gasteiger partial charge in [-0.15, -0.1) is 0 Å². The van der Waals surface area contributed by atoms with Crippen LogP contribution in [-0.2, 0) is 22.2 Å². The largest absolute Gasteiger partial charge is 0.485 e. The van der Waals surface area contributed by atoms with Crippen LogP contribution in [0.1, 0.15) is 53.0 Å². The first-order valence-electron chi connectivity index (χ1n) is 13.1. The molecule has 1 heterocycles. The lowest BCUT2D eigenvalue weighted by atomic mass is 10.1. The number of para-hydroxylation sites is 1. The van der Waals surface area contributed by atoms with Crippen LogP contribution in [0.5, 0.6) is 17.2 Å². The molecule has 0 aliphatic rings. The zero-order chi connectivity index (χ0) is 29.5. The fourth-order valence-electron chi connectivity index (χ4n) is 3.26. The molecule has 1 atom stereocenters. The van der Waals surface area contributed by atoms with E-state index >= 15 is 0 Å². The number of benzene rings is 3. The lowest BCUT2D eigenvalue weighted by Gasteiger charge is -2.14. The lowest BCUT2D eigenvalue weighted by Crippen LogP contribution is -2.09. The Morgan fingerprint density at radius 3 is 2.15 bits per heavy atom. The van der Waals surface area contributed by atoms with E-state index in [1.807, 2.05) is 30.3 Å². The summed E-state index contributed by atoms with van der Waals surface area (Å²) in [4.78, 5) is 13.1.